The van der Waals surface area contributed by atoms with E-state index in [1.165, 1.54) is 11.3 Å². The average Bonchev–Trinajstić information content (AvgIpc) is 3.01. The first-order valence-corrected chi connectivity index (χ1v) is 9.78. The summed E-state index contributed by atoms with van der Waals surface area (Å²) < 4.78 is 11.8. The third kappa shape index (κ3) is 2.89. The summed E-state index contributed by atoms with van der Waals surface area (Å²) in [5.74, 6) is 0.561. The van der Waals surface area contributed by atoms with E-state index in [0.29, 0.717) is 38.2 Å². The third-order valence-corrected chi connectivity index (χ3v) is 6.42. The molecule has 1 amide bonds. The summed E-state index contributed by atoms with van der Waals surface area (Å²) in [4.78, 5) is 17.0. The number of nitrogens with zero attached hydrogens (tertiary/aromatic N) is 3. The van der Waals surface area contributed by atoms with E-state index in [2.05, 4.69) is 52.2 Å². The van der Waals surface area contributed by atoms with Crippen LogP contribution in [-0.2, 0) is 10.2 Å². The predicted octanol–water partition coefficient (Wildman–Crippen LogP) is 2.15. The molecule has 0 aromatic heterocycles. The fourth-order valence-electron chi connectivity index (χ4n) is 4.63. The van der Waals surface area contributed by atoms with Crippen molar-refractivity contribution in [1.29, 1.82) is 0 Å². The number of carbonyl (C=O) groups excluding carboxylic acids is 1. The number of morpholine rings is 1. The van der Waals surface area contributed by atoms with Crippen LogP contribution in [0.1, 0.15) is 18.9 Å². The number of halogens is 1. The van der Waals surface area contributed by atoms with Crippen LogP contribution in [0.4, 0.5) is 10.5 Å². The molecule has 0 saturated carbocycles. The van der Waals surface area contributed by atoms with Gasteiger partial charge in [0.15, 0.2) is 0 Å². The summed E-state index contributed by atoms with van der Waals surface area (Å²) in [6, 6.07) is 3.90. The van der Waals surface area contributed by atoms with Crippen molar-refractivity contribution in [3.63, 3.8) is 0 Å². The van der Waals surface area contributed by atoms with Gasteiger partial charge in [-0.25, -0.2) is 9.80 Å². The minimum Gasteiger partial charge on any atom is -0.409 e. The molecule has 3 aliphatic heterocycles. The van der Waals surface area contributed by atoms with E-state index in [1.54, 1.807) is 0 Å². The standard InChI is InChI=1S/C18H25BrN4O3/c1-18-4-5-21(2)16(18)22(3)15-13(18)10-12(11-14(15)19)26-17(24)20-23-6-8-25-9-7-23/h10-11,16H,4-9H2,1-3H3,(H,20,24)/t16?,18-/m0/s1. The van der Waals surface area contributed by atoms with Crippen LogP contribution < -0.4 is 15.1 Å². The molecule has 142 valence electrons. The van der Waals surface area contributed by atoms with Gasteiger partial charge in [-0.05, 0) is 47.1 Å². The van der Waals surface area contributed by atoms with Crippen molar-refractivity contribution in [2.45, 2.75) is 24.9 Å². The van der Waals surface area contributed by atoms with Gasteiger partial charge in [-0.1, -0.05) is 6.92 Å². The summed E-state index contributed by atoms with van der Waals surface area (Å²) in [7, 11) is 4.30. The van der Waals surface area contributed by atoms with Gasteiger partial charge in [-0.2, -0.15) is 0 Å². The number of carbonyl (C=O) groups is 1. The minimum atomic E-state index is -0.463. The lowest BCUT2D eigenvalue weighted by Gasteiger charge is -2.32. The fourth-order valence-corrected chi connectivity index (χ4v) is 5.35. The Morgan fingerprint density at radius 3 is 2.77 bits per heavy atom. The Hall–Kier alpha value is -1.35. The van der Waals surface area contributed by atoms with Crippen LogP contribution in [0, 0.1) is 0 Å². The lowest BCUT2D eigenvalue weighted by molar-refractivity contribution is 0.0153. The van der Waals surface area contributed by atoms with Gasteiger partial charge in [-0.3, -0.25) is 10.3 Å². The summed E-state index contributed by atoms with van der Waals surface area (Å²) >= 11 is 3.68. The summed E-state index contributed by atoms with van der Waals surface area (Å²) in [5.41, 5.74) is 5.23. The van der Waals surface area contributed by atoms with Gasteiger partial charge in [0.2, 0.25) is 0 Å². The molecule has 1 unspecified atom stereocenters. The maximum atomic E-state index is 12.3. The second-order valence-electron chi connectivity index (χ2n) is 7.53. The van der Waals surface area contributed by atoms with Crippen LogP contribution >= 0.6 is 15.9 Å². The van der Waals surface area contributed by atoms with Crippen LogP contribution in [0.15, 0.2) is 16.6 Å². The van der Waals surface area contributed by atoms with E-state index in [1.807, 2.05) is 17.1 Å². The number of anilines is 1. The van der Waals surface area contributed by atoms with E-state index >= 15 is 0 Å². The number of hydrogen-bond acceptors (Lipinski definition) is 6. The Labute approximate surface area is 162 Å². The molecule has 2 saturated heterocycles. The highest BCUT2D eigenvalue weighted by atomic mass is 79.9. The topological polar surface area (TPSA) is 57.3 Å². The molecule has 0 radical (unpaired) electrons. The number of hydrogen-bond donors (Lipinski definition) is 1. The van der Waals surface area contributed by atoms with E-state index in [9.17, 15) is 4.79 Å². The second-order valence-corrected chi connectivity index (χ2v) is 8.39. The number of ether oxygens (including phenoxy) is 2. The van der Waals surface area contributed by atoms with Gasteiger partial charge in [0.1, 0.15) is 5.75 Å². The normalized spacial score (nSPS) is 28.8. The van der Waals surface area contributed by atoms with Gasteiger partial charge in [0.05, 0.1) is 25.1 Å². The maximum absolute atomic E-state index is 12.3. The lowest BCUT2D eigenvalue weighted by Crippen LogP contribution is -2.49. The molecule has 0 aliphatic carbocycles. The first kappa shape index (κ1) is 18.0. The Kier molecular flexibility index (Phi) is 4.63. The number of likely N-dealkylation sites (tertiary alicyclic amines) is 1. The number of hydrazine groups is 1. The lowest BCUT2D eigenvalue weighted by atomic mass is 9.81. The molecule has 2 fully saturated rings. The molecular formula is C18H25BrN4O3. The summed E-state index contributed by atoms with van der Waals surface area (Å²) in [6.07, 6.45) is 0.947. The van der Waals surface area contributed by atoms with E-state index in [-0.39, 0.29) is 5.41 Å². The smallest absolute Gasteiger partial charge is 0.409 e. The van der Waals surface area contributed by atoms with Gasteiger partial charge in [0.25, 0.3) is 0 Å². The highest BCUT2D eigenvalue weighted by Gasteiger charge is 2.53. The number of likely N-dealkylation sites (N-methyl/N-ethyl adjacent to an activating group) is 2. The molecular weight excluding hydrogens is 400 g/mol. The molecule has 0 bridgehead atoms. The molecule has 3 aliphatic rings. The molecule has 26 heavy (non-hydrogen) atoms. The quantitative estimate of drug-likeness (QED) is 0.784. The van der Waals surface area contributed by atoms with Gasteiger partial charge >= 0.3 is 6.09 Å². The zero-order valence-electron chi connectivity index (χ0n) is 15.4. The summed E-state index contributed by atoms with van der Waals surface area (Å²) in [6.45, 7) is 5.92. The van der Waals surface area contributed by atoms with Crippen molar-refractivity contribution < 1.29 is 14.3 Å². The second kappa shape index (κ2) is 6.67. The van der Waals surface area contributed by atoms with Crippen LogP contribution in [-0.4, -0.2) is 69.1 Å². The monoisotopic (exact) mass is 424 g/mol. The highest BCUT2D eigenvalue weighted by Crippen LogP contribution is 2.54. The molecule has 4 rings (SSSR count). The van der Waals surface area contributed by atoms with E-state index < -0.39 is 6.09 Å². The molecule has 1 aromatic rings. The zero-order valence-corrected chi connectivity index (χ0v) is 17.0. The SMILES string of the molecule is CN1CC[C@@]2(C)c3cc(OC(=O)NN4CCOCC4)cc(Br)c3N(C)C12. The van der Waals surface area contributed by atoms with Gasteiger partial charge < -0.3 is 14.4 Å². The Bertz CT molecular complexity index is 725. The molecule has 1 N–H and O–H groups in total. The van der Waals surface area contributed by atoms with Crippen molar-refractivity contribution in [1.82, 2.24) is 15.3 Å². The Balaban J connectivity index is 1.56. The van der Waals surface area contributed by atoms with Gasteiger partial charge in [0, 0.05) is 36.6 Å². The largest absolute Gasteiger partial charge is 0.427 e. The van der Waals surface area contributed by atoms with Gasteiger partial charge in [-0.15, -0.1) is 0 Å². The molecule has 3 heterocycles. The van der Waals surface area contributed by atoms with Crippen LogP contribution in [0.5, 0.6) is 5.75 Å². The van der Waals surface area contributed by atoms with Crippen molar-refractivity contribution in [3.8, 4) is 5.75 Å². The van der Waals surface area contributed by atoms with E-state index in [4.69, 9.17) is 9.47 Å². The molecule has 2 atom stereocenters. The molecule has 7 nitrogen and oxygen atoms in total. The number of nitrogens with one attached hydrogen (secondary N) is 1. The zero-order chi connectivity index (χ0) is 18.5. The van der Waals surface area contributed by atoms with E-state index in [0.717, 1.165) is 17.4 Å². The van der Waals surface area contributed by atoms with Crippen LogP contribution in [0.25, 0.3) is 0 Å². The number of fused-ring (bicyclic) bond motifs is 3. The molecule has 1 aromatic carbocycles. The maximum Gasteiger partial charge on any atom is 0.427 e. The van der Waals surface area contributed by atoms with Crippen molar-refractivity contribution >= 4 is 27.7 Å². The van der Waals surface area contributed by atoms with Crippen molar-refractivity contribution in [2.24, 2.45) is 0 Å². The number of amides is 1. The van der Waals surface area contributed by atoms with Crippen LogP contribution in [0.2, 0.25) is 0 Å². The Morgan fingerprint density at radius 2 is 2.04 bits per heavy atom. The summed E-state index contributed by atoms with van der Waals surface area (Å²) in [5, 5.41) is 1.82. The molecule has 8 heteroatoms. The predicted molar refractivity (Wildman–Crippen MR) is 102 cm³/mol. The molecule has 0 spiro atoms. The first-order valence-electron chi connectivity index (χ1n) is 8.98. The Morgan fingerprint density at radius 1 is 1.31 bits per heavy atom. The minimum absolute atomic E-state index is 0.0292. The fraction of sp³-hybridized carbons (Fsp3) is 0.611. The number of rotatable bonds is 2. The van der Waals surface area contributed by atoms with Crippen molar-refractivity contribution in [3.05, 3.63) is 22.2 Å². The first-order chi connectivity index (χ1) is 12.4. The average molecular weight is 425 g/mol. The van der Waals surface area contributed by atoms with Crippen molar-refractivity contribution in [2.75, 3.05) is 51.8 Å². The van der Waals surface area contributed by atoms with Crippen LogP contribution in [0.3, 0.4) is 0 Å². The highest BCUT2D eigenvalue weighted by molar-refractivity contribution is 9.10. The number of benzene rings is 1. The third-order valence-electron chi connectivity index (χ3n) is 5.81.